The SMILES string of the molecule is CSc1ccccc1NS(=O)(=O)N(C)CCCO. The van der Waals surface area contributed by atoms with Crippen molar-refractivity contribution in [3.63, 3.8) is 0 Å². The molecular weight excluding hydrogens is 272 g/mol. The van der Waals surface area contributed by atoms with Crippen LogP contribution in [0.5, 0.6) is 0 Å². The number of nitrogens with zero attached hydrogens (tertiary/aromatic N) is 1. The second-order valence-electron chi connectivity index (χ2n) is 3.71. The third-order valence-corrected chi connectivity index (χ3v) is 4.66. The van der Waals surface area contributed by atoms with Gasteiger partial charge in [-0.15, -0.1) is 11.8 Å². The second-order valence-corrected chi connectivity index (χ2v) is 6.33. The normalized spacial score (nSPS) is 11.8. The molecule has 0 fully saturated rings. The monoisotopic (exact) mass is 290 g/mol. The number of aliphatic hydroxyl groups is 1. The minimum absolute atomic E-state index is 0.0265. The van der Waals surface area contributed by atoms with Gasteiger partial charge in [0, 0.05) is 25.1 Å². The maximum absolute atomic E-state index is 12.0. The molecule has 102 valence electrons. The molecule has 1 aromatic carbocycles. The number of thioether (sulfide) groups is 1. The Morgan fingerprint density at radius 1 is 1.39 bits per heavy atom. The molecule has 0 amide bonds. The minimum Gasteiger partial charge on any atom is -0.396 e. The molecule has 0 spiro atoms. The quantitative estimate of drug-likeness (QED) is 0.744. The van der Waals surface area contributed by atoms with E-state index in [1.165, 1.54) is 23.1 Å². The van der Waals surface area contributed by atoms with E-state index in [0.717, 1.165) is 4.90 Å². The molecule has 1 rings (SSSR count). The Morgan fingerprint density at radius 2 is 2.06 bits per heavy atom. The predicted molar refractivity (Wildman–Crippen MR) is 75.1 cm³/mol. The fraction of sp³-hybridized carbons (Fsp3) is 0.455. The highest BCUT2D eigenvalue weighted by molar-refractivity contribution is 7.98. The van der Waals surface area contributed by atoms with Crippen LogP contribution in [-0.4, -0.2) is 44.3 Å². The van der Waals surface area contributed by atoms with Crippen LogP contribution in [0.15, 0.2) is 29.2 Å². The molecule has 5 nitrogen and oxygen atoms in total. The topological polar surface area (TPSA) is 69.6 Å². The first-order valence-electron chi connectivity index (χ1n) is 5.49. The van der Waals surface area contributed by atoms with Crippen LogP contribution < -0.4 is 4.72 Å². The second kappa shape index (κ2) is 6.98. The maximum Gasteiger partial charge on any atom is 0.301 e. The van der Waals surface area contributed by atoms with Crippen molar-refractivity contribution in [3.05, 3.63) is 24.3 Å². The Labute approximate surface area is 112 Å². The molecular formula is C11H18N2O3S2. The van der Waals surface area contributed by atoms with Gasteiger partial charge in [-0.2, -0.15) is 12.7 Å². The summed E-state index contributed by atoms with van der Waals surface area (Å²) in [5, 5.41) is 8.71. The fourth-order valence-electron chi connectivity index (χ4n) is 1.36. The largest absolute Gasteiger partial charge is 0.396 e. The molecule has 0 aliphatic heterocycles. The molecule has 0 heterocycles. The van der Waals surface area contributed by atoms with Gasteiger partial charge in [0.25, 0.3) is 0 Å². The van der Waals surface area contributed by atoms with Gasteiger partial charge in [-0.3, -0.25) is 4.72 Å². The molecule has 0 radical (unpaired) electrons. The Kier molecular flexibility index (Phi) is 5.94. The van der Waals surface area contributed by atoms with Crippen molar-refractivity contribution in [2.24, 2.45) is 0 Å². The van der Waals surface area contributed by atoms with Crippen molar-refractivity contribution in [3.8, 4) is 0 Å². The third kappa shape index (κ3) is 4.16. The number of nitrogens with one attached hydrogen (secondary N) is 1. The van der Waals surface area contributed by atoms with Crippen molar-refractivity contribution in [2.45, 2.75) is 11.3 Å². The lowest BCUT2D eigenvalue weighted by Crippen LogP contribution is -2.33. The molecule has 0 bridgehead atoms. The van der Waals surface area contributed by atoms with Gasteiger partial charge in [-0.25, -0.2) is 0 Å². The lowest BCUT2D eigenvalue weighted by Gasteiger charge is -2.18. The molecule has 0 aliphatic carbocycles. The van der Waals surface area contributed by atoms with Crippen LogP contribution in [0.3, 0.4) is 0 Å². The molecule has 0 saturated carbocycles. The lowest BCUT2D eigenvalue weighted by atomic mass is 10.3. The molecule has 2 N–H and O–H groups in total. The average molecular weight is 290 g/mol. The molecule has 0 aromatic heterocycles. The molecule has 18 heavy (non-hydrogen) atoms. The van der Waals surface area contributed by atoms with Gasteiger partial charge in [0.05, 0.1) is 5.69 Å². The van der Waals surface area contributed by atoms with Crippen molar-refractivity contribution in [1.29, 1.82) is 0 Å². The molecule has 7 heteroatoms. The van der Waals surface area contributed by atoms with Gasteiger partial charge >= 0.3 is 10.2 Å². The van der Waals surface area contributed by atoms with Gasteiger partial charge in [0.1, 0.15) is 0 Å². The third-order valence-electron chi connectivity index (χ3n) is 2.39. The maximum atomic E-state index is 12.0. The Balaban J connectivity index is 2.82. The van der Waals surface area contributed by atoms with E-state index in [0.29, 0.717) is 12.1 Å². The van der Waals surface area contributed by atoms with E-state index >= 15 is 0 Å². The molecule has 0 atom stereocenters. The number of benzene rings is 1. The number of rotatable bonds is 7. The van der Waals surface area contributed by atoms with Gasteiger partial charge in [0.15, 0.2) is 0 Å². The van der Waals surface area contributed by atoms with Crippen LogP contribution in [0.1, 0.15) is 6.42 Å². The van der Waals surface area contributed by atoms with Gasteiger partial charge in [-0.1, -0.05) is 12.1 Å². The van der Waals surface area contributed by atoms with E-state index in [1.807, 2.05) is 18.4 Å². The summed E-state index contributed by atoms with van der Waals surface area (Å²) in [7, 11) is -2.07. The lowest BCUT2D eigenvalue weighted by molar-refractivity contribution is 0.276. The van der Waals surface area contributed by atoms with Crippen LogP contribution in [-0.2, 0) is 10.2 Å². The van der Waals surface area contributed by atoms with Crippen molar-refractivity contribution in [2.75, 3.05) is 31.2 Å². The summed E-state index contributed by atoms with van der Waals surface area (Å²) < 4.78 is 27.7. The average Bonchev–Trinajstić information content (AvgIpc) is 2.36. The Bertz CT molecular complexity index is 477. The Hall–Kier alpha value is -0.760. The molecule has 0 saturated heterocycles. The summed E-state index contributed by atoms with van der Waals surface area (Å²) in [5.74, 6) is 0. The fourth-order valence-corrected chi connectivity index (χ4v) is 2.96. The van der Waals surface area contributed by atoms with Gasteiger partial charge in [-0.05, 0) is 24.8 Å². The summed E-state index contributed by atoms with van der Waals surface area (Å²) in [6.07, 6.45) is 2.31. The first-order valence-corrected chi connectivity index (χ1v) is 8.15. The smallest absolute Gasteiger partial charge is 0.301 e. The number of para-hydroxylation sites is 1. The zero-order valence-electron chi connectivity index (χ0n) is 10.5. The summed E-state index contributed by atoms with van der Waals surface area (Å²) in [6.45, 7) is 0.258. The van der Waals surface area contributed by atoms with E-state index in [2.05, 4.69) is 4.72 Å². The van der Waals surface area contributed by atoms with E-state index in [9.17, 15) is 8.42 Å². The number of hydrogen-bond acceptors (Lipinski definition) is 4. The first kappa shape index (κ1) is 15.3. The summed E-state index contributed by atoms with van der Waals surface area (Å²) >= 11 is 1.48. The number of aliphatic hydroxyl groups excluding tert-OH is 1. The van der Waals surface area contributed by atoms with Crippen LogP contribution in [0, 0.1) is 0 Å². The van der Waals surface area contributed by atoms with E-state index in [1.54, 1.807) is 12.1 Å². The van der Waals surface area contributed by atoms with Crippen molar-refractivity contribution in [1.82, 2.24) is 4.31 Å². The first-order chi connectivity index (χ1) is 8.51. The highest BCUT2D eigenvalue weighted by atomic mass is 32.2. The van der Waals surface area contributed by atoms with Gasteiger partial charge < -0.3 is 5.11 Å². The Morgan fingerprint density at radius 3 is 2.67 bits per heavy atom. The predicted octanol–water partition coefficient (Wildman–Crippen LogP) is 1.38. The van der Waals surface area contributed by atoms with E-state index in [4.69, 9.17) is 5.11 Å². The van der Waals surface area contributed by atoms with Crippen LogP contribution in [0.25, 0.3) is 0 Å². The number of hydrogen-bond donors (Lipinski definition) is 2. The van der Waals surface area contributed by atoms with Gasteiger partial charge in [0.2, 0.25) is 0 Å². The van der Waals surface area contributed by atoms with Crippen molar-refractivity contribution < 1.29 is 13.5 Å². The van der Waals surface area contributed by atoms with Crippen LogP contribution >= 0.6 is 11.8 Å². The zero-order valence-corrected chi connectivity index (χ0v) is 12.1. The molecule has 1 aromatic rings. The highest BCUT2D eigenvalue weighted by Crippen LogP contribution is 2.25. The highest BCUT2D eigenvalue weighted by Gasteiger charge is 2.18. The van der Waals surface area contributed by atoms with E-state index in [-0.39, 0.29) is 13.2 Å². The van der Waals surface area contributed by atoms with E-state index < -0.39 is 10.2 Å². The zero-order chi connectivity index (χ0) is 13.6. The summed E-state index contributed by atoms with van der Waals surface area (Å²) in [5.41, 5.74) is 0.570. The minimum atomic E-state index is -3.56. The summed E-state index contributed by atoms with van der Waals surface area (Å²) in [6, 6.07) is 7.23. The van der Waals surface area contributed by atoms with Crippen LogP contribution in [0.4, 0.5) is 5.69 Å². The standard InChI is InChI=1S/C11H18N2O3S2/c1-13(8-5-9-14)18(15,16)12-10-6-3-4-7-11(10)17-2/h3-4,6-7,12,14H,5,8-9H2,1-2H3. The molecule has 0 unspecified atom stereocenters. The molecule has 0 aliphatic rings. The van der Waals surface area contributed by atoms with Crippen molar-refractivity contribution >= 4 is 27.7 Å². The number of anilines is 1. The summed E-state index contributed by atoms with van der Waals surface area (Å²) in [4.78, 5) is 0.872. The van der Waals surface area contributed by atoms with Crippen LogP contribution in [0.2, 0.25) is 0 Å².